The van der Waals surface area contributed by atoms with Crippen LogP contribution in [0.25, 0.3) is 27.4 Å². The second-order valence-corrected chi connectivity index (χ2v) is 8.83. The molecule has 0 fully saturated rings. The topological polar surface area (TPSA) is 77.1 Å². The highest BCUT2D eigenvalue weighted by molar-refractivity contribution is 6.10. The zero-order valence-electron chi connectivity index (χ0n) is 20.2. The van der Waals surface area contributed by atoms with Crippen molar-refractivity contribution >= 4 is 27.6 Å². The van der Waals surface area contributed by atoms with E-state index in [1.54, 1.807) is 44.3 Å². The van der Waals surface area contributed by atoms with Crippen molar-refractivity contribution in [2.75, 3.05) is 0 Å². The average molecular weight is 505 g/mol. The Morgan fingerprint density at radius 1 is 1.00 bits per heavy atom. The Hall–Kier alpha value is -4.40. The predicted octanol–water partition coefficient (Wildman–Crippen LogP) is 6.26. The third-order valence-corrected chi connectivity index (χ3v) is 6.38. The highest BCUT2D eigenvalue weighted by atomic mass is 19.4. The molecule has 5 aromatic rings. The summed E-state index contributed by atoms with van der Waals surface area (Å²) >= 11 is 0. The maximum Gasteiger partial charge on any atom is 0.416 e. The number of nitrogens with one attached hydrogen (secondary N) is 1. The smallest absolute Gasteiger partial charge is 0.416 e. The number of rotatable bonds is 4. The van der Waals surface area contributed by atoms with Gasteiger partial charge in [0.05, 0.1) is 28.2 Å². The van der Waals surface area contributed by atoms with Crippen LogP contribution in [-0.4, -0.2) is 15.5 Å². The number of aromatic nitrogens is 2. The first-order valence-corrected chi connectivity index (χ1v) is 11.5. The Bertz CT molecular complexity index is 1700. The van der Waals surface area contributed by atoms with Gasteiger partial charge in [-0.3, -0.25) is 19.1 Å². The lowest BCUT2D eigenvalue weighted by atomic mass is 10.0. The SMILES string of the molecule is Cc1oc(C)c2c1c(=O)n(-c1ccc(C(F)(F)F)cc1)c1ccc(C(=O)N[C@@H](C)c3ccccn3)cc21. The molecule has 188 valence electrons. The van der Waals surface area contributed by atoms with Gasteiger partial charge in [0.2, 0.25) is 0 Å². The number of hydrogen-bond acceptors (Lipinski definition) is 4. The molecule has 0 radical (unpaired) electrons. The van der Waals surface area contributed by atoms with Crippen LogP contribution in [0, 0.1) is 13.8 Å². The highest BCUT2D eigenvalue weighted by Crippen LogP contribution is 2.33. The fourth-order valence-electron chi connectivity index (χ4n) is 4.60. The van der Waals surface area contributed by atoms with Gasteiger partial charge in [0.1, 0.15) is 11.5 Å². The van der Waals surface area contributed by atoms with E-state index in [0.717, 1.165) is 12.1 Å². The van der Waals surface area contributed by atoms with E-state index in [2.05, 4.69) is 10.3 Å². The van der Waals surface area contributed by atoms with Crippen molar-refractivity contribution in [3.63, 3.8) is 0 Å². The fraction of sp³-hybridized carbons (Fsp3) is 0.179. The van der Waals surface area contributed by atoms with Gasteiger partial charge in [0.25, 0.3) is 11.5 Å². The normalized spacial score (nSPS) is 12.7. The lowest BCUT2D eigenvalue weighted by Crippen LogP contribution is -2.27. The minimum absolute atomic E-state index is 0.268. The summed E-state index contributed by atoms with van der Waals surface area (Å²) in [7, 11) is 0. The number of fused-ring (bicyclic) bond motifs is 3. The van der Waals surface area contributed by atoms with Gasteiger partial charge in [0, 0.05) is 28.2 Å². The van der Waals surface area contributed by atoms with Gasteiger partial charge in [-0.05, 0) is 75.4 Å². The summed E-state index contributed by atoms with van der Waals surface area (Å²) in [6, 6.07) is 14.4. The average Bonchev–Trinajstić information content (AvgIpc) is 3.18. The van der Waals surface area contributed by atoms with E-state index in [1.807, 2.05) is 19.1 Å². The number of furan rings is 1. The molecule has 0 saturated carbocycles. The molecule has 6 nitrogen and oxygen atoms in total. The van der Waals surface area contributed by atoms with Crippen LogP contribution in [0.1, 0.15) is 46.1 Å². The minimum Gasteiger partial charge on any atom is -0.465 e. The van der Waals surface area contributed by atoms with Crippen molar-refractivity contribution in [2.45, 2.75) is 33.0 Å². The van der Waals surface area contributed by atoms with Crippen LogP contribution >= 0.6 is 0 Å². The number of alkyl halides is 3. The Balaban J connectivity index is 1.67. The van der Waals surface area contributed by atoms with Crippen LogP contribution in [-0.2, 0) is 6.18 Å². The van der Waals surface area contributed by atoms with Gasteiger partial charge in [-0.1, -0.05) is 6.07 Å². The van der Waals surface area contributed by atoms with Crippen molar-refractivity contribution in [2.24, 2.45) is 0 Å². The second kappa shape index (κ2) is 8.92. The molecule has 0 unspecified atom stereocenters. The van der Waals surface area contributed by atoms with E-state index in [4.69, 9.17) is 4.42 Å². The van der Waals surface area contributed by atoms with Crippen LogP contribution in [0.5, 0.6) is 0 Å². The molecule has 1 amide bonds. The number of aryl methyl sites for hydroxylation is 2. The predicted molar refractivity (Wildman–Crippen MR) is 134 cm³/mol. The number of pyridine rings is 2. The Morgan fingerprint density at radius 2 is 1.70 bits per heavy atom. The van der Waals surface area contributed by atoms with E-state index in [9.17, 15) is 22.8 Å². The summed E-state index contributed by atoms with van der Waals surface area (Å²) in [6.45, 7) is 5.21. The maximum absolute atomic E-state index is 13.6. The van der Waals surface area contributed by atoms with Gasteiger partial charge < -0.3 is 9.73 Å². The first-order chi connectivity index (χ1) is 17.6. The maximum atomic E-state index is 13.6. The molecular weight excluding hydrogens is 483 g/mol. The second-order valence-electron chi connectivity index (χ2n) is 8.83. The van der Waals surface area contributed by atoms with Crippen LogP contribution in [0.2, 0.25) is 0 Å². The Labute approximate surface area is 209 Å². The molecule has 0 aliphatic rings. The van der Waals surface area contributed by atoms with Crippen molar-refractivity contribution in [3.05, 3.63) is 106 Å². The first kappa shape index (κ1) is 24.3. The quantitative estimate of drug-likeness (QED) is 0.313. The van der Waals surface area contributed by atoms with Crippen molar-refractivity contribution in [1.29, 1.82) is 0 Å². The van der Waals surface area contributed by atoms with Gasteiger partial charge in [-0.15, -0.1) is 0 Å². The third-order valence-electron chi connectivity index (χ3n) is 6.38. The number of carbonyl (C=O) groups is 1. The third kappa shape index (κ3) is 4.26. The number of carbonyl (C=O) groups excluding carboxylic acids is 1. The number of halogens is 3. The molecule has 5 rings (SSSR count). The number of hydrogen-bond donors (Lipinski definition) is 1. The molecule has 3 aromatic heterocycles. The lowest BCUT2D eigenvalue weighted by molar-refractivity contribution is -0.137. The zero-order valence-corrected chi connectivity index (χ0v) is 20.2. The van der Waals surface area contributed by atoms with Gasteiger partial charge >= 0.3 is 6.18 Å². The summed E-state index contributed by atoms with van der Waals surface area (Å²) in [6.07, 6.45) is -2.85. The molecule has 1 atom stereocenters. The van der Waals surface area contributed by atoms with Crippen LogP contribution in [0.4, 0.5) is 13.2 Å². The van der Waals surface area contributed by atoms with Gasteiger partial charge in [0.15, 0.2) is 0 Å². The lowest BCUT2D eigenvalue weighted by Gasteiger charge is -2.16. The molecule has 0 bridgehead atoms. The highest BCUT2D eigenvalue weighted by Gasteiger charge is 2.30. The van der Waals surface area contributed by atoms with E-state index < -0.39 is 17.3 Å². The van der Waals surface area contributed by atoms with Crippen molar-refractivity contribution in [1.82, 2.24) is 14.9 Å². The van der Waals surface area contributed by atoms with Gasteiger partial charge in [-0.2, -0.15) is 13.2 Å². The van der Waals surface area contributed by atoms with E-state index >= 15 is 0 Å². The summed E-state index contributed by atoms with van der Waals surface area (Å²) in [5.74, 6) is 0.561. The molecule has 37 heavy (non-hydrogen) atoms. The molecule has 0 aliphatic heterocycles. The van der Waals surface area contributed by atoms with Crippen LogP contribution in [0.3, 0.4) is 0 Å². The summed E-state index contributed by atoms with van der Waals surface area (Å²) in [5, 5.41) is 4.37. The molecule has 0 saturated heterocycles. The largest absolute Gasteiger partial charge is 0.465 e. The van der Waals surface area contributed by atoms with Crippen molar-refractivity contribution in [3.8, 4) is 5.69 Å². The van der Waals surface area contributed by atoms with Crippen molar-refractivity contribution < 1.29 is 22.4 Å². The summed E-state index contributed by atoms with van der Waals surface area (Å²) < 4.78 is 46.4. The fourth-order valence-corrected chi connectivity index (χ4v) is 4.60. The zero-order chi connectivity index (χ0) is 26.5. The standard InChI is InChI=1S/C28H22F3N3O3/c1-15(22-6-4-5-13-32-22)33-26(35)18-7-12-23-21(14-18)24-16(2)37-17(3)25(24)27(36)34(23)20-10-8-19(9-11-20)28(29,30)31/h4-15H,1-3H3,(H,33,35)/t15-/m0/s1. The molecular formula is C28H22F3N3O3. The molecule has 2 aromatic carbocycles. The molecule has 0 aliphatic carbocycles. The van der Waals surface area contributed by atoms with Crippen LogP contribution < -0.4 is 10.9 Å². The number of nitrogens with zero attached hydrogens (tertiary/aromatic N) is 2. The summed E-state index contributed by atoms with van der Waals surface area (Å²) in [5.41, 5.74) is 0.534. The molecule has 3 heterocycles. The Morgan fingerprint density at radius 3 is 2.35 bits per heavy atom. The van der Waals surface area contributed by atoms with E-state index in [1.165, 1.54) is 16.7 Å². The van der Waals surface area contributed by atoms with Gasteiger partial charge in [-0.25, -0.2) is 0 Å². The molecule has 1 N–H and O–H groups in total. The molecule has 0 spiro atoms. The Kier molecular flexibility index (Phi) is 5.86. The molecule has 9 heteroatoms. The van der Waals surface area contributed by atoms with E-state index in [0.29, 0.717) is 44.5 Å². The van der Waals surface area contributed by atoms with E-state index in [-0.39, 0.29) is 17.6 Å². The summed E-state index contributed by atoms with van der Waals surface area (Å²) in [4.78, 5) is 31.0. The minimum atomic E-state index is -4.50. The number of benzene rings is 2. The van der Waals surface area contributed by atoms with Crippen LogP contribution in [0.15, 0.2) is 76.1 Å². The number of amides is 1. The first-order valence-electron chi connectivity index (χ1n) is 11.5. The monoisotopic (exact) mass is 505 g/mol.